The third-order valence-electron chi connectivity index (χ3n) is 1.94. The molecule has 0 amide bonds. The van der Waals surface area contributed by atoms with Gasteiger partial charge in [0.15, 0.2) is 0 Å². The molecule has 0 unspecified atom stereocenters. The third-order valence-corrected chi connectivity index (χ3v) is 1.94. The predicted molar refractivity (Wildman–Crippen MR) is 43.4 cm³/mol. The maximum Gasteiger partial charge on any atom is 0.221 e. The number of aromatic nitrogens is 2. The Morgan fingerprint density at radius 3 is 3.27 bits per heavy atom. The Bertz CT molecular complexity index is 284. The van der Waals surface area contributed by atoms with Crippen molar-refractivity contribution in [2.24, 2.45) is 0 Å². The van der Waals surface area contributed by atoms with Gasteiger partial charge >= 0.3 is 0 Å². The number of fused-ring (bicyclic) bond motifs is 1. The van der Waals surface area contributed by atoms with Gasteiger partial charge in [-0.2, -0.15) is 4.98 Å². The molecule has 0 radical (unpaired) electrons. The molecular weight excluding hydrogens is 140 g/mol. The molecule has 0 bridgehead atoms. The second kappa shape index (κ2) is 2.08. The Kier molecular flexibility index (Phi) is 1.21. The van der Waals surface area contributed by atoms with Crippen LogP contribution in [0.1, 0.15) is 5.56 Å². The fourth-order valence-corrected chi connectivity index (χ4v) is 1.31. The van der Waals surface area contributed by atoms with Gasteiger partial charge in [0.1, 0.15) is 5.82 Å². The van der Waals surface area contributed by atoms with Gasteiger partial charge in [-0.1, -0.05) is 0 Å². The molecule has 4 nitrogen and oxygen atoms in total. The lowest BCUT2D eigenvalue weighted by atomic mass is 10.3. The molecule has 0 aliphatic carbocycles. The molecule has 2 N–H and O–H groups in total. The van der Waals surface area contributed by atoms with Crippen molar-refractivity contribution in [3.05, 3.63) is 11.8 Å². The number of hydrogen-bond donors (Lipinski definition) is 1. The summed E-state index contributed by atoms with van der Waals surface area (Å²) in [5.41, 5.74) is 6.64. The van der Waals surface area contributed by atoms with Gasteiger partial charge < -0.3 is 10.6 Å². The van der Waals surface area contributed by atoms with E-state index in [2.05, 4.69) is 14.9 Å². The summed E-state index contributed by atoms with van der Waals surface area (Å²) in [6.45, 7) is 1.02. The lowest BCUT2D eigenvalue weighted by Crippen LogP contribution is -2.14. The van der Waals surface area contributed by atoms with Crippen LogP contribution in [0.4, 0.5) is 11.8 Å². The van der Waals surface area contributed by atoms with Gasteiger partial charge in [-0.25, -0.2) is 4.98 Å². The molecule has 0 atom stereocenters. The van der Waals surface area contributed by atoms with Crippen LogP contribution in [0.15, 0.2) is 6.20 Å². The smallest absolute Gasteiger partial charge is 0.221 e. The summed E-state index contributed by atoms with van der Waals surface area (Å²) in [5, 5.41) is 0. The lowest BCUT2D eigenvalue weighted by molar-refractivity contribution is 0.946. The summed E-state index contributed by atoms with van der Waals surface area (Å²) in [7, 11) is 2.01. The van der Waals surface area contributed by atoms with E-state index in [0.717, 1.165) is 18.8 Å². The highest BCUT2D eigenvalue weighted by Crippen LogP contribution is 2.23. The molecule has 1 aliphatic heterocycles. The van der Waals surface area contributed by atoms with Gasteiger partial charge in [0.25, 0.3) is 0 Å². The number of nitrogens with zero attached hydrogens (tertiary/aromatic N) is 3. The zero-order chi connectivity index (χ0) is 7.84. The van der Waals surface area contributed by atoms with Crippen LogP contribution in [0, 0.1) is 0 Å². The monoisotopic (exact) mass is 150 g/mol. The molecule has 4 heteroatoms. The zero-order valence-corrected chi connectivity index (χ0v) is 6.41. The van der Waals surface area contributed by atoms with Gasteiger partial charge in [-0.3, -0.25) is 0 Å². The number of anilines is 2. The topological polar surface area (TPSA) is 55.0 Å². The molecule has 0 aromatic carbocycles. The van der Waals surface area contributed by atoms with E-state index in [9.17, 15) is 0 Å². The van der Waals surface area contributed by atoms with Crippen LogP contribution in [0.5, 0.6) is 0 Å². The second-order valence-corrected chi connectivity index (χ2v) is 2.75. The number of rotatable bonds is 0. The maximum absolute atomic E-state index is 5.44. The van der Waals surface area contributed by atoms with E-state index in [-0.39, 0.29) is 0 Å². The molecule has 0 saturated carbocycles. The molecule has 2 rings (SSSR count). The van der Waals surface area contributed by atoms with Gasteiger partial charge in [-0.15, -0.1) is 0 Å². The Hall–Kier alpha value is -1.32. The largest absolute Gasteiger partial charge is 0.368 e. The average Bonchev–Trinajstić information content (AvgIpc) is 2.33. The molecule has 1 aromatic heterocycles. The standard InChI is InChI=1S/C7H10N4/c1-11-3-2-5-4-9-7(8)10-6(5)11/h4H,2-3H2,1H3,(H2,8,9,10). The summed E-state index contributed by atoms with van der Waals surface area (Å²) >= 11 is 0. The van der Waals surface area contributed by atoms with Crippen LogP contribution < -0.4 is 10.6 Å². The van der Waals surface area contributed by atoms with Crippen molar-refractivity contribution in [1.29, 1.82) is 0 Å². The average molecular weight is 150 g/mol. The van der Waals surface area contributed by atoms with Gasteiger partial charge in [0.2, 0.25) is 5.95 Å². The fourth-order valence-electron chi connectivity index (χ4n) is 1.31. The zero-order valence-electron chi connectivity index (χ0n) is 6.41. The summed E-state index contributed by atoms with van der Waals surface area (Å²) in [5.74, 6) is 1.34. The van der Waals surface area contributed by atoms with Crippen molar-refractivity contribution in [2.45, 2.75) is 6.42 Å². The van der Waals surface area contributed by atoms with Crippen LogP contribution >= 0.6 is 0 Å². The van der Waals surface area contributed by atoms with Crippen LogP contribution in [-0.2, 0) is 6.42 Å². The van der Waals surface area contributed by atoms with E-state index in [1.165, 1.54) is 5.56 Å². The molecule has 1 aromatic rings. The number of nitrogens with two attached hydrogens (primary N) is 1. The van der Waals surface area contributed by atoms with E-state index < -0.39 is 0 Å². The van der Waals surface area contributed by atoms with Gasteiger partial charge in [0.05, 0.1) is 0 Å². The first-order valence-corrected chi connectivity index (χ1v) is 3.60. The molecular formula is C7H10N4. The van der Waals surface area contributed by atoms with Crippen molar-refractivity contribution in [2.75, 3.05) is 24.2 Å². The first-order valence-electron chi connectivity index (χ1n) is 3.60. The second-order valence-electron chi connectivity index (χ2n) is 2.75. The normalized spacial score (nSPS) is 15.2. The van der Waals surface area contributed by atoms with E-state index >= 15 is 0 Å². The Balaban J connectivity index is 2.52. The Morgan fingerprint density at radius 2 is 2.45 bits per heavy atom. The fraction of sp³-hybridized carbons (Fsp3) is 0.429. The molecule has 1 aliphatic rings. The number of nitrogen functional groups attached to an aromatic ring is 1. The Labute approximate surface area is 65.1 Å². The molecule has 0 saturated heterocycles. The number of hydrogen-bond acceptors (Lipinski definition) is 4. The Morgan fingerprint density at radius 1 is 1.64 bits per heavy atom. The molecule has 2 heterocycles. The van der Waals surface area contributed by atoms with E-state index in [4.69, 9.17) is 5.73 Å². The number of likely N-dealkylation sites (N-methyl/N-ethyl adjacent to an activating group) is 1. The van der Waals surface area contributed by atoms with Crippen LogP contribution in [-0.4, -0.2) is 23.6 Å². The minimum absolute atomic E-state index is 0.359. The van der Waals surface area contributed by atoms with E-state index in [1.54, 1.807) is 6.20 Å². The van der Waals surface area contributed by atoms with Gasteiger partial charge in [0, 0.05) is 25.4 Å². The highest BCUT2D eigenvalue weighted by Gasteiger charge is 2.17. The molecule has 0 spiro atoms. The van der Waals surface area contributed by atoms with Crippen molar-refractivity contribution < 1.29 is 0 Å². The quantitative estimate of drug-likeness (QED) is 0.567. The van der Waals surface area contributed by atoms with Gasteiger partial charge in [-0.05, 0) is 6.42 Å². The van der Waals surface area contributed by atoms with Crippen molar-refractivity contribution >= 4 is 11.8 Å². The van der Waals surface area contributed by atoms with Crippen molar-refractivity contribution in [3.8, 4) is 0 Å². The summed E-state index contributed by atoms with van der Waals surface area (Å²) < 4.78 is 0. The van der Waals surface area contributed by atoms with E-state index in [1.807, 2.05) is 7.05 Å². The maximum atomic E-state index is 5.44. The summed E-state index contributed by atoms with van der Waals surface area (Å²) in [6, 6.07) is 0. The minimum Gasteiger partial charge on any atom is -0.368 e. The van der Waals surface area contributed by atoms with Crippen LogP contribution in [0.25, 0.3) is 0 Å². The van der Waals surface area contributed by atoms with Crippen molar-refractivity contribution in [1.82, 2.24) is 9.97 Å². The molecule has 58 valence electrons. The van der Waals surface area contributed by atoms with Crippen molar-refractivity contribution in [3.63, 3.8) is 0 Å². The highest BCUT2D eigenvalue weighted by atomic mass is 15.2. The van der Waals surface area contributed by atoms with Crippen LogP contribution in [0.3, 0.4) is 0 Å². The summed E-state index contributed by atoms with van der Waals surface area (Å²) in [4.78, 5) is 10.1. The summed E-state index contributed by atoms with van der Waals surface area (Å²) in [6.07, 6.45) is 2.84. The first kappa shape index (κ1) is 6.39. The molecule has 0 fully saturated rings. The minimum atomic E-state index is 0.359. The first-order chi connectivity index (χ1) is 5.27. The SMILES string of the molecule is CN1CCc2cnc(N)nc21. The highest BCUT2D eigenvalue weighted by molar-refractivity contribution is 5.52. The van der Waals surface area contributed by atoms with Crippen LogP contribution in [0.2, 0.25) is 0 Å². The third kappa shape index (κ3) is 0.906. The van der Waals surface area contributed by atoms with E-state index in [0.29, 0.717) is 5.95 Å². The lowest BCUT2D eigenvalue weighted by Gasteiger charge is -2.09. The predicted octanol–water partition coefficient (Wildman–Crippen LogP) is 0.0511. The molecule has 11 heavy (non-hydrogen) atoms.